The quantitative estimate of drug-likeness (QED) is 0.561. The van der Waals surface area contributed by atoms with Gasteiger partial charge in [0.05, 0.1) is 17.4 Å². The average molecular weight is 428 g/mol. The Kier molecular flexibility index (Phi) is 5.54. The van der Waals surface area contributed by atoms with Gasteiger partial charge in [-0.2, -0.15) is 13.2 Å². The Labute approximate surface area is 176 Å². The van der Waals surface area contributed by atoms with Crippen LogP contribution < -0.4 is 14.8 Å². The summed E-state index contributed by atoms with van der Waals surface area (Å²) in [5, 5.41) is 2.64. The fourth-order valence-corrected chi connectivity index (χ4v) is 3.39. The predicted octanol–water partition coefficient (Wildman–Crippen LogP) is 5.92. The van der Waals surface area contributed by atoms with Gasteiger partial charge in [-0.25, -0.2) is 4.98 Å². The normalized spacial score (nSPS) is 15.5. The van der Waals surface area contributed by atoms with Gasteiger partial charge in [-0.1, -0.05) is 12.1 Å². The Morgan fingerprint density at radius 2 is 1.90 bits per heavy atom. The zero-order valence-electron chi connectivity index (χ0n) is 16.6. The maximum Gasteiger partial charge on any atom is 0.416 e. The molecule has 0 saturated carbocycles. The Morgan fingerprint density at radius 1 is 1.13 bits per heavy atom. The van der Waals surface area contributed by atoms with Crippen molar-refractivity contribution in [3.05, 3.63) is 77.5 Å². The number of alkyl halides is 3. The number of pyridine rings is 1. The maximum absolute atomic E-state index is 12.8. The topological polar surface area (TPSA) is 60.5 Å². The number of carbonyl (C=O) groups excluding carboxylic acids is 1. The molecule has 1 amide bonds. The highest BCUT2D eigenvalue weighted by atomic mass is 19.4. The van der Waals surface area contributed by atoms with E-state index >= 15 is 0 Å². The lowest BCUT2D eigenvalue weighted by Gasteiger charge is -2.27. The molecule has 5 nitrogen and oxygen atoms in total. The number of carbonyl (C=O) groups is 1. The van der Waals surface area contributed by atoms with E-state index in [-0.39, 0.29) is 12.0 Å². The van der Waals surface area contributed by atoms with E-state index in [0.717, 1.165) is 17.7 Å². The van der Waals surface area contributed by atoms with Crippen molar-refractivity contribution >= 4 is 11.6 Å². The third kappa shape index (κ3) is 4.96. The van der Waals surface area contributed by atoms with Gasteiger partial charge >= 0.3 is 6.18 Å². The Bertz CT molecular complexity index is 1080. The van der Waals surface area contributed by atoms with Gasteiger partial charge in [0.2, 0.25) is 11.8 Å². The lowest BCUT2D eigenvalue weighted by Crippen LogP contribution is -2.15. The van der Waals surface area contributed by atoms with Crippen LogP contribution in [0.2, 0.25) is 0 Å². The molecule has 0 bridgehead atoms. The molecule has 0 aliphatic carbocycles. The van der Waals surface area contributed by atoms with Crippen LogP contribution in [-0.4, -0.2) is 10.9 Å². The zero-order chi connectivity index (χ0) is 22.0. The standard InChI is InChI=1S/C23H19F3N2O3/c1-14(29)28-18-7-11-22(27-13-18)30-19-8-10-21-16(12-19)4-9-20(31-21)15-2-5-17(6-3-15)23(24,25)26/h2-3,5-8,10-13,20H,4,9H2,1H3,(H,28,29). The number of nitrogens with one attached hydrogen (secondary N) is 1. The molecule has 31 heavy (non-hydrogen) atoms. The van der Waals surface area contributed by atoms with Crippen LogP contribution in [0.15, 0.2) is 60.8 Å². The van der Waals surface area contributed by atoms with Crippen LogP contribution in [0.25, 0.3) is 0 Å². The first-order valence-corrected chi connectivity index (χ1v) is 9.66. The van der Waals surface area contributed by atoms with Crippen molar-refractivity contribution in [2.45, 2.75) is 32.0 Å². The van der Waals surface area contributed by atoms with Crippen molar-refractivity contribution in [1.29, 1.82) is 0 Å². The first kappa shape index (κ1) is 20.7. The predicted molar refractivity (Wildman–Crippen MR) is 108 cm³/mol. The zero-order valence-corrected chi connectivity index (χ0v) is 16.6. The largest absolute Gasteiger partial charge is 0.485 e. The third-order valence-corrected chi connectivity index (χ3v) is 4.87. The number of fused-ring (bicyclic) bond motifs is 1. The highest BCUT2D eigenvalue weighted by molar-refractivity contribution is 5.88. The van der Waals surface area contributed by atoms with Gasteiger partial charge in [-0.05, 0) is 60.4 Å². The van der Waals surface area contributed by atoms with E-state index in [0.29, 0.717) is 41.5 Å². The number of aryl methyl sites for hydroxylation is 1. The van der Waals surface area contributed by atoms with Gasteiger partial charge in [-0.3, -0.25) is 4.79 Å². The molecule has 1 aliphatic heterocycles. The van der Waals surface area contributed by atoms with E-state index in [9.17, 15) is 18.0 Å². The van der Waals surface area contributed by atoms with Gasteiger partial charge in [0.1, 0.15) is 17.6 Å². The third-order valence-electron chi connectivity index (χ3n) is 4.87. The lowest BCUT2D eigenvalue weighted by atomic mass is 9.96. The van der Waals surface area contributed by atoms with Crippen LogP contribution in [0.3, 0.4) is 0 Å². The Morgan fingerprint density at radius 3 is 2.55 bits per heavy atom. The van der Waals surface area contributed by atoms with Crippen LogP contribution in [0, 0.1) is 0 Å². The number of ether oxygens (including phenoxy) is 2. The molecule has 0 saturated heterocycles. The molecule has 1 aliphatic rings. The van der Waals surface area contributed by atoms with Crippen molar-refractivity contribution in [2.24, 2.45) is 0 Å². The number of hydrogen-bond acceptors (Lipinski definition) is 4. The van der Waals surface area contributed by atoms with Crippen LogP contribution in [0.4, 0.5) is 18.9 Å². The SMILES string of the molecule is CC(=O)Nc1ccc(Oc2ccc3c(c2)CCC(c2ccc(C(F)(F)F)cc2)O3)nc1. The van der Waals surface area contributed by atoms with Crippen LogP contribution >= 0.6 is 0 Å². The molecule has 1 N–H and O–H groups in total. The number of hydrogen-bond donors (Lipinski definition) is 1. The summed E-state index contributed by atoms with van der Waals surface area (Å²) in [4.78, 5) is 15.2. The second-order valence-corrected chi connectivity index (χ2v) is 7.20. The molecule has 2 aromatic carbocycles. The summed E-state index contributed by atoms with van der Waals surface area (Å²) in [5.41, 5.74) is 1.57. The molecule has 0 radical (unpaired) electrons. The summed E-state index contributed by atoms with van der Waals surface area (Å²) in [6.07, 6.45) is -1.80. The molecular weight excluding hydrogens is 409 g/mol. The van der Waals surface area contributed by atoms with Crippen molar-refractivity contribution in [3.8, 4) is 17.4 Å². The molecule has 2 heterocycles. The molecule has 8 heteroatoms. The van der Waals surface area contributed by atoms with Gasteiger partial charge in [0.15, 0.2) is 0 Å². The van der Waals surface area contributed by atoms with E-state index in [1.54, 1.807) is 24.3 Å². The van der Waals surface area contributed by atoms with Gasteiger partial charge < -0.3 is 14.8 Å². The number of nitrogens with zero attached hydrogens (tertiary/aromatic N) is 1. The van der Waals surface area contributed by atoms with Crippen molar-refractivity contribution < 1.29 is 27.4 Å². The lowest BCUT2D eigenvalue weighted by molar-refractivity contribution is -0.137. The molecule has 1 unspecified atom stereocenters. The van der Waals surface area contributed by atoms with E-state index < -0.39 is 11.7 Å². The smallest absolute Gasteiger partial charge is 0.416 e. The number of halogens is 3. The van der Waals surface area contributed by atoms with Crippen molar-refractivity contribution in [3.63, 3.8) is 0 Å². The number of benzene rings is 2. The molecule has 4 rings (SSSR count). The van der Waals surface area contributed by atoms with E-state index in [1.807, 2.05) is 6.07 Å². The van der Waals surface area contributed by atoms with E-state index in [2.05, 4.69) is 10.3 Å². The Balaban J connectivity index is 1.43. The molecule has 3 aromatic rings. The van der Waals surface area contributed by atoms with Gasteiger partial charge in [-0.15, -0.1) is 0 Å². The molecule has 160 valence electrons. The Hall–Kier alpha value is -3.55. The number of aromatic nitrogens is 1. The minimum absolute atomic E-state index is 0.181. The van der Waals surface area contributed by atoms with Crippen molar-refractivity contribution in [1.82, 2.24) is 4.98 Å². The number of anilines is 1. The highest BCUT2D eigenvalue weighted by Crippen LogP contribution is 2.38. The summed E-state index contributed by atoms with van der Waals surface area (Å²) in [7, 11) is 0. The monoisotopic (exact) mass is 428 g/mol. The van der Waals surface area contributed by atoms with Gasteiger partial charge in [0.25, 0.3) is 0 Å². The van der Waals surface area contributed by atoms with E-state index in [1.165, 1.54) is 25.3 Å². The summed E-state index contributed by atoms with van der Waals surface area (Å²) in [5.74, 6) is 1.47. The summed E-state index contributed by atoms with van der Waals surface area (Å²) in [6.45, 7) is 1.42. The molecular formula is C23H19F3N2O3. The number of amides is 1. The van der Waals surface area contributed by atoms with Crippen molar-refractivity contribution in [2.75, 3.05) is 5.32 Å². The second-order valence-electron chi connectivity index (χ2n) is 7.20. The summed E-state index contributed by atoms with van der Waals surface area (Å²) in [6, 6.07) is 13.8. The average Bonchev–Trinajstić information content (AvgIpc) is 2.74. The van der Waals surface area contributed by atoms with Gasteiger partial charge in [0, 0.05) is 13.0 Å². The highest BCUT2D eigenvalue weighted by Gasteiger charge is 2.30. The second kappa shape index (κ2) is 8.29. The van der Waals surface area contributed by atoms with E-state index in [4.69, 9.17) is 9.47 Å². The summed E-state index contributed by atoms with van der Waals surface area (Å²) >= 11 is 0. The minimum atomic E-state index is -4.35. The number of rotatable bonds is 4. The van der Waals surface area contributed by atoms with Crippen LogP contribution in [-0.2, 0) is 17.4 Å². The first-order chi connectivity index (χ1) is 14.8. The fourth-order valence-electron chi connectivity index (χ4n) is 3.39. The molecule has 1 atom stereocenters. The van der Waals surface area contributed by atoms with Crippen LogP contribution in [0.5, 0.6) is 17.4 Å². The summed E-state index contributed by atoms with van der Waals surface area (Å²) < 4.78 is 50.1. The molecule has 0 spiro atoms. The van der Waals surface area contributed by atoms with Crippen LogP contribution in [0.1, 0.15) is 36.1 Å². The molecule has 1 aromatic heterocycles. The first-order valence-electron chi connectivity index (χ1n) is 9.66. The minimum Gasteiger partial charge on any atom is -0.485 e. The molecule has 0 fully saturated rings. The fraction of sp³-hybridized carbons (Fsp3) is 0.217. The maximum atomic E-state index is 12.8.